The molecule has 1 aliphatic rings. The molecule has 2 N–H and O–H groups in total. The molecule has 1 unspecified atom stereocenters. The van der Waals surface area contributed by atoms with E-state index >= 15 is 0 Å². The van der Waals surface area contributed by atoms with Gasteiger partial charge in [0.15, 0.2) is 0 Å². The Hall–Kier alpha value is -0.610. The Balaban J connectivity index is 1.92. The van der Waals surface area contributed by atoms with Crippen LogP contribution in [0.25, 0.3) is 0 Å². The Bertz CT molecular complexity index is 371. The van der Waals surface area contributed by atoms with E-state index in [4.69, 9.17) is 5.73 Å². The average Bonchev–Trinajstić information content (AvgIpc) is 2.37. The summed E-state index contributed by atoms with van der Waals surface area (Å²) in [6.07, 6.45) is 6.25. The van der Waals surface area contributed by atoms with Gasteiger partial charge in [-0.15, -0.1) is 0 Å². The van der Waals surface area contributed by atoms with Crippen LogP contribution in [0.15, 0.2) is 18.2 Å². The van der Waals surface area contributed by atoms with Gasteiger partial charge in [0.2, 0.25) is 0 Å². The first-order chi connectivity index (χ1) is 8.68. The first-order valence-corrected chi connectivity index (χ1v) is 7.54. The fourth-order valence-corrected chi connectivity index (χ4v) is 3.73. The monoisotopic (exact) mass is 271 g/mol. The van der Waals surface area contributed by atoms with Crippen molar-refractivity contribution in [3.05, 3.63) is 35.4 Å². The minimum Gasteiger partial charge on any atom is -0.323 e. The molecule has 1 aromatic rings. The van der Waals surface area contributed by atoms with Crippen molar-refractivity contribution in [1.82, 2.24) is 0 Å². The quantitative estimate of drug-likeness (QED) is 0.894. The molecule has 4 heteroatoms. The molecule has 2 rings (SSSR count). The molecule has 0 spiro atoms. The fraction of sp³-hybridized carbons (Fsp3) is 0.571. The zero-order valence-electron chi connectivity index (χ0n) is 10.4. The average molecular weight is 271 g/mol. The summed E-state index contributed by atoms with van der Waals surface area (Å²) in [4.78, 5) is 0. The van der Waals surface area contributed by atoms with Gasteiger partial charge in [-0.25, -0.2) is 8.78 Å². The first-order valence-electron chi connectivity index (χ1n) is 6.49. The van der Waals surface area contributed by atoms with Crippen LogP contribution in [0.3, 0.4) is 0 Å². The van der Waals surface area contributed by atoms with Gasteiger partial charge in [0.25, 0.3) is 0 Å². The van der Waals surface area contributed by atoms with Gasteiger partial charge in [0.1, 0.15) is 11.6 Å². The van der Waals surface area contributed by atoms with Gasteiger partial charge in [-0.2, -0.15) is 11.8 Å². The molecular weight excluding hydrogens is 252 g/mol. The molecule has 0 heterocycles. The normalized spacial score (nSPS) is 18.8. The number of rotatable bonds is 4. The second kappa shape index (κ2) is 6.53. The lowest BCUT2D eigenvalue weighted by molar-refractivity contribution is 0.514. The number of nitrogens with two attached hydrogens (primary N) is 1. The lowest BCUT2D eigenvalue weighted by Gasteiger charge is -2.23. The molecule has 18 heavy (non-hydrogen) atoms. The van der Waals surface area contributed by atoms with Crippen molar-refractivity contribution < 1.29 is 8.78 Å². The van der Waals surface area contributed by atoms with Crippen molar-refractivity contribution in [3.8, 4) is 0 Å². The molecule has 0 saturated heterocycles. The highest BCUT2D eigenvalue weighted by Gasteiger charge is 2.19. The van der Waals surface area contributed by atoms with Gasteiger partial charge in [-0.3, -0.25) is 0 Å². The van der Waals surface area contributed by atoms with Crippen LogP contribution in [0, 0.1) is 11.6 Å². The largest absolute Gasteiger partial charge is 0.323 e. The lowest BCUT2D eigenvalue weighted by atomic mass is 10.0. The molecule has 1 nitrogen and oxygen atoms in total. The summed E-state index contributed by atoms with van der Waals surface area (Å²) < 4.78 is 27.1. The third kappa shape index (κ3) is 3.45. The molecule has 1 aliphatic carbocycles. The second-order valence-corrected chi connectivity index (χ2v) is 6.17. The summed E-state index contributed by atoms with van der Waals surface area (Å²) in [5.74, 6) is -0.485. The summed E-state index contributed by atoms with van der Waals surface area (Å²) in [5.41, 5.74) is 5.94. The van der Waals surface area contributed by atoms with Crippen LogP contribution in [0.1, 0.15) is 43.7 Å². The Labute approximate surface area is 111 Å². The maximum atomic E-state index is 13.5. The van der Waals surface area contributed by atoms with Gasteiger partial charge in [0, 0.05) is 22.6 Å². The molecule has 0 radical (unpaired) electrons. The fourth-order valence-electron chi connectivity index (χ4n) is 2.42. The van der Waals surface area contributed by atoms with Gasteiger partial charge >= 0.3 is 0 Å². The van der Waals surface area contributed by atoms with E-state index < -0.39 is 17.7 Å². The van der Waals surface area contributed by atoms with Crippen LogP contribution >= 0.6 is 11.8 Å². The Morgan fingerprint density at radius 1 is 1.17 bits per heavy atom. The lowest BCUT2D eigenvalue weighted by Crippen LogP contribution is -2.19. The number of benzene rings is 1. The molecule has 1 aromatic carbocycles. The minimum atomic E-state index is -0.557. The molecule has 0 bridgehead atoms. The predicted octanol–water partition coefficient (Wildman–Crippen LogP) is 4.03. The van der Waals surface area contributed by atoms with E-state index in [2.05, 4.69) is 0 Å². The summed E-state index contributed by atoms with van der Waals surface area (Å²) >= 11 is 1.76. The maximum absolute atomic E-state index is 13.5. The van der Waals surface area contributed by atoms with E-state index in [0.29, 0.717) is 11.0 Å². The van der Waals surface area contributed by atoms with Crippen LogP contribution in [0.4, 0.5) is 8.78 Å². The van der Waals surface area contributed by atoms with Gasteiger partial charge in [-0.1, -0.05) is 25.3 Å². The van der Waals surface area contributed by atoms with Gasteiger partial charge < -0.3 is 5.73 Å². The van der Waals surface area contributed by atoms with E-state index in [-0.39, 0.29) is 5.56 Å². The van der Waals surface area contributed by atoms with Gasteiger partial charge in [0.05, 0.1) is 0 Å². The van der Waals surface area contributed by atoms with Crippen LogP contribution in [-0.2, 0) is 0 Å². The standard InChI is InChI=1S/C14H19F2NS/c15-11-7-4-8-12(16)14(11)13(17)9-18-10-5-2-1-3-6-10/h4,7-8,10,13H,1-3,5-6,9,17H2. The third-order valence-electron chi connectivity index (χ3n) is 3.43. The molecule has 1 fully saturated rings. The molecule has 0 aliphatic heterocycles. The van der Waals surface area contributed by atoms with E-state index in [1.807, 2.05) is 0 Å². The molecule has 0 aromatic heterocycles. The Kier molecular flexibility index (Phi) is 5.01. The second-order valence-electron chi connectivity index (χ2n) is 4.84. The van der Waals surface area contributed by atoms with E-state index in [1.165, 1.54) is 50.3 Å². The number of hydrogen-bond acceptors (Lipinski definition) is 2. The molecule has 1 saturated carbocycles. The van der Waals surface area contributed by atoms with Crippen LogP contribution in [0.5, 0.6) is 0 Å². The summed E-state index contributed by atoms with van der Waals surface area (Å²) in [6, 6.07) is 3.35. The van der Waals surface area contributed by atoms with Crippen molar-refractivity contribution in [1.29, 1.82) is 0 Å². The first kappa shape index (κ1) is 13.8. The number of halogens is 2. The zero-order chi connectivity index (χ0) is 13.0. The molecular formula is C14H19F2NS. The van der Waals surface area contributed by atoms with Crippen molar-refractivity contribution in [3.63, 3.8) is 0 Å². The smallest absolute Gasteiger partial charge is 0.130 e. The Morgan fingerprint density at radius 2 is 1.78 bits per heavy atom. The Morgan fingerprint density at radius 3 is 2.39 bits per heavy atom. The highest BCUT2D eigenvalue weighted by atomic mass is 32.2. The molecule has 0 amide bonds. The highest BCUT2D eigenvalue weighted by molar-refractivity contribution is 7.99. The van der Waals surface area contributed by atoms with Crippen LogP contribution in [0.2, 0.25) is 0 Å². The zero-order valence-corrected chi connectivity index (χ0v) is 11.2. The minimum absolute atomic E-state index is 0.0285. The van der Waals surface area contributed by atoms with Crippen molar-refractivity contribution >= 4 is 11.8 Å². The summed E-state index contributed by atoms with van der Waals surface area (Å²) in [7, 11) is 0. The molecule has 100 valence electrons. The predicted molar refractivity (Wildman–Crippen MR) is 72.6 cm³/mol. The maximum Gasteiger partial charge on any atom is 0.130 e. The molecule has 1 atom stereocenters. The summed E-state index contributed by atoms with van der Waals surface area (Å²) in [6.45, 7) is 0. The van der Waals surface area contributed by atoms with E-state index in [9.17, 15) is 8.78 Å². The SMILES string of the molecule is NC(CSC1CCCCC1)c1c(F)cccc1F. The van der Waals surface area contributed by atoms with Crippen molar-refractivity contribution in [2.24, 2.45) is 5.73 Å². The van der Waals surface area contributed by atoms with Gasteiger partial charge in [-0.05, 0) is 25.0 Å². The third-order valence-corrected chi connectivity index (χ3v) is 4.93. The number of thioether (sulfide) groups is 1. The van der Waals surface area contributed by atoms with E-state index in [0.717, 1.165) is 0 Å². The summed E-state index contributed by atoms with van der Waals surface area (Å²) in [5, 5.41) is 0.611. The topological polar surface area (TPSA) is 26.0 Å². The van der Waals surface area contributed by atoms with Crippen molar-refractivity contribution in [2.45, 2.75) is 43.4 Å². The van der Waals surface area contributed by atoms with Crippen LogP contribution in [-0.4, -0.2) is 11.0 Å². The highest BCUT2D eigenvalue weighted by Crippen LogP contribution is 2.31. The van der Waals surface area contributed by atoms with Crippen molar-refractivity contribution in [2.75, 3.05) is 5.75 Å². The van der Waals surface area contributed by atoms with E-state index in [1.54, 1.807) is 11.8 Å². The number of hydrogen-bond donors (Lipinski definition) is 1. The van der Waals surface area contributed by atoms with Crippen LogP contribution < -0.4 is 5.73 Å².